The second-order valence-corrected chi connectivity index (χ2v) is 6.40. The maximum Gasteiger partial charge on any atom is 0.263 e. The molecule has 1 N–H and O–H groups in total. The minimum Gasteiger partial charge on any atom is -0.504 e. The molecule has 0 aliphatic heterocycles. The molecule has 2 aromatic rings. The Balaban J connectivity index is 2.21. The van der Waals surface area contributed by atoms with E-state index < -0.39 is 0 Å². The minimum absolute atomic E-state index is 0.104. The van der Waals surface area contributed by atoms with Crippen LogP contribution in [0, 0.1) is 0 Å². The largest absolute Gasteiger partial charge is 0.504 e. The van der Waals surface area contributed by atoms with Gasteiger partial charge in [0.15, 0.2) is 11.5 Å². The summed E-state index contributed by atoms with van der Waals surface area (Å²) in [4.78, 5) is 13.3. The lowest BCUT2D eigenvalue weighted by atomic mass is 10.2. The first kappa shape index (κ1) is 14.2. The number of rotatable bonds is 4. The van der Waals surface area contributed by atoms with Crippen LogP contribution in [0.15, 0.2) is 23.0 Å². The molecule has 4 nitrogen and oxygen atoms in total. The van der Waals surface area contributed by atoms with Crippen LogP contribution in [0.1, 0.15) is 5.56 Å². The lowest BCUT2D eigenvalue weighted by Crippen LogP contribution is -2.16. The number of phenolic OH excluding ortho intramolecular Hbond substituents is 1. The Morgan fingerprint density at radius 3 is 2.74 bits per heavy atom. The monoisotopic (exact) mass is 317 g/mol. The van der Waals surface area contributed by atoms with Gasteiger partial charge in [0.2, 0.25) is 0 Å². The van der Waals surface area contributed by atoms with Crippen molar-refractivity contribution in [2.24, 2.45) is 0 Å². The van der Waals surface area contributed by atoms with Crippen LogP contribution in [0.4, 0.5) is 5.00 Å². The van der Waals surface area contributed by atoms with E-state index in [1.165, 1.54) is 17.5 Å². The maximum absolute atomic E-state index is 11.4. The van der Waals surface area contributed by atoms with Crippen molar-refractivity contribution in [2.45, 2.75) is 6.54 Å². The lowest BCUT2D eigenvalue weighted by molar-refractivity contribution is 0.373. The number of aromatic hydroxyl groups is 1. The van der Waals surface area contributed by atoms with Gasteiger partial charge >= 0.3 is 0 Å². The van der Waals surface area contributed by atoms with Gasteiger partial charge in [0.25, 0.3) is 4.74 Å². The first-order valence-electron chi connectivity index (χ1n) is 5.38. The van der Waals surface area contributed by atoms with Crippen LogP contribution in [0.25, 0.3) is 0 Å². The highest BCUT2D eigenvalue weighted by Gasteiger charge is 2.13. The molecule has 102 valence electrons. The van der Waals surface area contributed by atoms with Crippen molar-refractivity contribution in [3.8, 4) is 11.5 Å². The summed E-state index contributed by atoms with van der Waals surface area (Å²) >= 11 is 5.96. The van der Waals surface area contributed by atoms with Crippen molar-refractivity contribution < 1.29 is 9.84 Å². The molecule has 0 unspecified atom stereocenters. The summed E-state index contributed by atoms with van der Waals surface area (Å²) in [5.41, 5.74) is 0.957. The molecule has 0 saturated heterocycles. The number of hydrogen-bond acceptors (Lipinski definition) is 6. The van der Waals surface area contributed by atoms with Gasteiger partial charge in [0.1, 0.15) is 10.0 Å². The number of nitrogens with zero attached hydrogens (tertiary/aromatic N) is 1. The maximum atomic E-state index is 11.4. The summed E-state index contributed by atoms with van der Waals surface area (Å²) in [5, 5.41) is 10.6. The number of phenols is 1. The van der Waals surface area contributed by atoms with Gasteiger partial charge in [-0.15, -0.1) is 0 Å². The molecule has 1 heterocycles. The minimum atomic E-state index is -0.114. The third-order valence-corrected chi connectivity index (χ3v) is 5.44. The van der Waals surface area contributed by atoms with Gasteiger partial charge in [0.05, 0.1) is 7.11 Å². The molecule has 19 heavy (non-hydrogen) atoms. The van der Waals surface area contributed by atoms with E-state index in [4.69, 9.17) is 16.3 Å². The zero-order valence-electron chi connectivity index (χ0n) is 10.3. The number of hydrogen-bond donors (Lipinski definition) is 1. The predicted molar refractivity (Wildman–Crippen MR) is 80.2 cm³/mol. The molecule has 0 aliphatic rings. The average molecular weight is 318 g/mol. The van der Waals surface area contributed by atoms with Crippen molar-refractivity contribution in [1.29, 1.82) is 0 Å². The average Bonchev–Trinajstić information content (AvgIpc) is 2.72. The molecule has 0 fully saturated rings. The Morgan fingerprint density at radius 2 is 2.16 bits per heavy atom. The van der Waals surface area contributed by atoms with Crippen LogP contribution < -0.4 is 14.4 Å². The van der Waals surface area contributed by atoms with E-state index in [1.54, 1.807) is 18.2 Å². The van der Waals surface area contributed by atoms with E-state index in [2.05, 4.69) is 0 Å². The van der Waals surface area contributed by atoms with E-state index >= 15 is 0 Å². The molecular formula is C12H12ClNO3S2. The Morgan fingerprint density at radius 1 is 1.42 bits per heavy atom. The standard InChI is InChI=1S/C12H12ClNO3S2/c1-14(11-10(13)12(16)19-18-11)6-7-3-4-8(15)9(5-7)17-2/h3-5,15H,6H2,1-2H3. The van der Waals surface area contributed by atoms with Gasteiger partial charge in [-0.05, 0) is 28.0 Å². The normalized spacial score (nSPS) is 10.5. The Hall–Kier alpha value is -1.24. The second kappa shape index (κ2) is 5.81. The van der Waals surface area contributed by atoms with Gasteiger partial charge in [-0.3, -0.25) is 4.79 Å². The second-order valence-electron chi connectivity index (χ2n) is 3.94. The molecule has 0 radical (unpaired) electrons. The molecule has 0 saturated carbocycles. The van der Waals surface area contributed by atoms with Gasteiger partial charge in [0, 0.05) is 13.6 Å². The van der Waals surface area contributed by atoms with Crippen molar-refractivity contribution in [3.05, 3.63) is 38.3 Å². The Bertz CT molecular complexity index is 638. The van der Waals surface area contributed by atoms with E-state index in [1.807, 2.05) is 11.9 Å². The Kier molecular flexibility index (Phi) is 4.34. The quantitative estimate of drug-likeness (QED) is 0.880. The van der Waals surface area contributed by atoms with Crippen LogP contribution in [-0.4, -0.2) is 19.3 Å². The van der Waals surface area contributed by atoms with E-state index in [0.717, 1.165) is 20.9 Å². The van der Waals surface area contributed by atoms with E-state index in [-0.39, 0.29) is 15.5 Å². The predicted octanol–water partition coefficient (Wildman–Crippen LogP) is 3.17. The smallest absolute Gasteiger partial charge is 0.263 e. The first-order valence-corrected chi connectivity index (χ1v) is 7.91. The molecule has 1 aromatic carbocycles. The summed E-state index contributed by atoms with van der Waals surface area (Å²) < 4.78 is 4.95. The number of ether oxygens (including phenoxy) is 1. The fourth-order valence-corrected chi connectivity index (χ4v) is 4.38. The van der Waals surface area contributed by atoms with Gasteiger partial charge in [-0.1, -0.05) is 28.0 Å². The molecule has 2 rings (SSSR count). The highest BCUT2D eigenvalue weighted by Crippen LogP contribution is 2.32. The van der Waals surface area contributed by atoms with E-state index in [9.17, 15) is 9.90 Å². The van der Waals surface area contributed by atoms with Gasteiger partial charge in [-0.2, -0.15) is 0 Å². The highest BCUT2D eigenvalue weighted by molar-refractivity contribution is 7.70. The van der Waals surface area contributed by atoms with Crippen molar-refractivity contribution in [3.63, 3.8) is 0 Å². The fourth-order valence-electron chi connectivity index (χ4n) is 1.64. The highest BCUT2D eigenvalue weighted by atomic mass is 35.5. The molecular weight excluding hydrogens is 306 g/mol. The molecule has 0 amide bonds. The van der Waals surface area contributed by atoms with Crippen molar-refractivity contribution in [1.82, 2.24) is 0 Å². The number of anilines is 1. The lowest BCUT2D eigenvalue weighted by Gasteiger charge is -2.17. The third kappa shape index (κ3) is 3.02. The molecule has 7 heteroatoms. The number of halogens is 1. The fraction of sp³-hybridized carbons (Fsp3) is 0.250. The molecule has 1 aromatic heterocycles. The Labute approximate surface area is 122 Å². The SMILES string of the molecule is COc1cc(CN(C)c2ssc(=O)c2Cl)ccc1O. The van der Waals surface area contributed by atoms with Crippen LogP contribution in [0.5, 0.6) is 11.5 Å². The molecule has 0 atom stereocenters. The van der Waals surface area contributed by atoms with E-state index in [0.29, 0.717) is 12.3 Å². The van der Waals surface area contributed by atoms with Crippen LogP contribution >= 0.6 is 32.3 Å². The number of methoxy groups -OCH3 is 1. The van der Waals surface area contributed by atoms with Gasteiger partial charge < -0.3 is 14.7 Å². The summed E-state index contributed by atoms with van der Waals surface area (Å²) in [5.74, 6) is 0.530. The van der Waals surface area contributed by atoms with Crippen LogP contribution in [0.2, 0.25) is 5.02 Å². The summed E-state index contributed by atoms with van der Waals surface area (Å²) in [6.45, 7) is 0.572. The third-order valence-electron chi connectivity index (χ3n) is 2.57. The summed E-state index contributed by atoms with van der Waals surface area (Å²) in [6.07, 6.45) is 0. The van der Waals surface area contributed by atoms with Gasteiger partial charge in [-0.25, -0.2) is 0 Å². The summed E-state index contributed by atoms with van der Waals surface area (Å²) in [7, 11) is 5.86. The topological polar surface area (TPSA) is 49.8 Å². The zero-order chi connectivity index (χ0) is 14.0. The molecule has 0 bridgehead atoms. The van der Waals surface area contributed by atoms with Crippen LogP contribution in [-0.2, 0) is 6.54 Å². The van der Waals surface area contributed by atoms with Crippen molar-refractivity contribution >= 4 is 37.3 Å². The van der Waals surface area contributed by atoms with Crippen LogP contribution in [0.3, 0.4) is 0 Å². The molecule has 0 aliphatic carbocycles. The first-order chi connectivity index (χ1) is 9.02. The zero-order valence-corrected chi connectivity index (χ0v) is 12.7. The summed E-state index contributed by atoms with van der Waals surface area (Å²) in [6, 6.07) is 5.14. The van der Waals surface area contributed by atoms with Crippen molar-refractivity contribution in [2.75, 3.05) is 19.1 Å². The molecule has 0 spiro atoms. The number of benzene rings is 1.